The van der Waals surface area contributed by atoms with Crippen LogP contribution in [0.2, 0.25) is 0 Å². The van der Waals surface area contributed by atoms with Crippen LogP contribution in [0.4, 0.5) is 5.69 Å². The summed E-state index contributed by atoms with van der Waals surface area (Å²) in [5, 5.41) is 33.1. The summed E-state index contributed by atoms with van der Waals surface area (Å²) < 4.78 is 10.9. The Bertz CT molecular complexity index is 771. The first-order chi connectivity index (χ1) is 14.6. The lowest BCUT2D eigenvalue weighted by molar-refractivity contribution is -0.119. The van der Waals surface area contributed by atoms with Crippen molar-refractivity contribution in [1.29, 1.82) is 0 Å². The van der Waals surface area contributed by atoms with Crippen molar-refractivity contribution in [2.75, 3.05) is 45.3 Å². The summed E-state index contributed by atoms with van der Waals surface area (Å²) in [4.78, 5) is 37.7. The van der Waals surface area contributed by atoms with E-state index in [0.717, 1.165) is 0 Å². The molecule has 11 nitrogen and oxygen atoms in total. The lowest BCUT2D eigenvalue weighted by atomic mass is 10.1. The minimum atomic E-state index is -1.16. The van der Waals surface area contributed by atoms with Crippen molar-refractivity contribution >= 4 is 91.2 Å². The van der Waals surface area contributed by atoms with Crippen LogP contribution in [0.5, 0.6) is 0 Å². The van der Waals surface area contributed by atoms with Crippen LogP contribution in [0.1, 0.15) is 20.7 Å². The topological polar surface area (TPSA) is 180 Å². The third kappa shape index (κ3) is 8.16. The molecule has 2 atom stereocenters. The van der Waals surface area contributed by atoms with Gasteiger partial charge in [0.25, 0.3) is 5.91 Å². The highest BCUT2D eigenvalue weighted by Crippen LogP contribution is 2.36. The second-order valence-corrected chi connectivity index (χ2v) is 9.32. The molecule has 0 aliphatic rings. The Kier molecular flexibility index (Phi) is 12.9. The molecule has 0 heterocycles. The molecule has 2 amide bonds. The Morgan fingerprint density at radius 3 is 2.23 bits per heavy atom. The van der Waals surface area contributed by atoms with Crippen LogP contribution in [-0.2, 0) is 14.3 Å². The van der Waals surface area contributed by atoms with Crippen LogP contribution < -0.4 is 16.4 Å². The Hall–Kier alpha value is -0.380. The van der Waals surface area contributed by atoms with E-state index >= 15 is 0 Å². The summed E-state index contributed by atoms with van der Waals surface area (Å²) in [6.07, 6.45) is -2.21. The van der Waals surface area contributed by atoms with E-state index in [1.165, 1.54) is 7.11 Å². The van der Waals surface area contributed by atoms with E-state index in [1.54, 1.807) is 0 Å². The maximum absolute atomic E-state index is 12.8. The highest BCUT2D eigenvalue weighted by molar-refractivity contribution is 14.1. The van der Waals surface area contributed by atoms with Gasteiger partial charge in [0.05, 0.1) is 36.7 Å². The van der Waals surface area contributed by atoms with Gasteiger partial charge in [0, 0.05) is 23.8 Å². The van der Waals surface area contributed by atoms with Gasteiger partial charge in [0.15, 0.2) is 0 Å². The first-order valence-electron chi connectivity index (χ1n) is 8.70. The molecular formula is C17H22I3N3O8. The number of nitrogens with one attached hydrogen (secondary N) is 2. The summed E-state index contributed by atoms with van der Waals surface area (Å²) in [5.41, 5.74) is 5.63. The summed E-state index contributed by atoms with van der Waals surface area (Å²) in [6, 6.07) is 0. The summed E-state index contributed by atoms with van der Waals surface area (Å²) >= 11 is 5.54. The van der Waals surface area contributed by atoms with Gasteiger partial charge in [-0.1, -0.05) is 0 Å². The third-order valence-electron chi connectivity index (χ3n) is 3.68. The predicted molar refractivity (Wildman–Crippen MR) is 136 cm³/mol. The zero-order valence-corrected chi connectivity index (χ0v) is 22.8. The molecule has 174 valence electrons. The fourth-order valence-corrected chi connectivity index (χ4v) is 6.50. The van der Waals surface area contributed by atoms with Crippen molar-refractivity contribution in [3.05, 3.63) is 21.8 Å². The molecule has 0 saturated heterocycles. The monoisotopic (exact) mass is 777 g/mol. The number of esters is 1. The first-order valence-corrected chi connectivity index (χ1v) is 11.9. The van der Waals surface area contributed by atoms with Crippen LogP contribution in [0.3, 0.4) is 0 Å². The molecule has 0 saturated carbocycles. The van der Waals surface area contributed by atoms with E-state index in [9.17, 15) is 24.6 Å². The van der Waals surface area contributed by atoms with Crippen LogP contribution in [0.25, 0.3) is 0 Å². The lowest BCUT2D eigenvalue weighted by Gasteiger charge is -2.20. The van der Waals surface area contributed by atoms with Gasteiger partial charge in [-0.2, -0.15) is 0 Å². The predicted octanol–water partition coefficient (Wildman–Crippen LogP) is -0.355. The van der Waals surface area contributed by atoms with E-state index in [1.807, 2.05) is 67.8 Å². The zero-order valence-electron chi connectivity index (χ0n) is 16.3. The van der Waals surface area contributed by atoms with Gasteiger partial charge in [-0.15, -0.1) is 0 Å². The standard InChI is InChI=1S/C17H22I3N3O8/c1-30-6-9(27)23-15-13(19)10(16(28)22-3-8(26)4-24)12(18)11(14(15)20)17(29)31-5-7(25)2-21/h7-8,24-26H,2-6,21H2,1H3,(H,22,28)(H,23,27). The molecule has 0 spiro atoms. The van der Waals surface area contributed by atoms with Crippen molar-refractivity contribution in [2.24, 2.45) is 5.73 Å². The summed E-state index contributed by atoms with van der Waals surface area (Å²) in [5.74, 6) is -1.94. The Labute approximate surface area is 219 Å². The second kappa shape index (κ2) is 14.0. The minimum absolute atomic E-state index is 0.0198. The van der Waals surface area contributed by atoms with Crippen molar-refractivity contribution in [3.63, 3.8) is 0 Å². The maximum Gasteiger partial charge on any atom is 0.340 e. The third-order valence-corrected chi connectivity index (χ3v) is 6.91. The minimum Gasteiger partial charge on any atom is -0.459 e. The molecular weight excluding hydrogens is 755 g/mol. The lowest BCUT2D eigenvalue weighted by Crippen LogP contribution is -2.35. The number of halogens is 3. The average Bonchev–Trinajstić information content (AvgIpc) is 2.73. The maximum atomic E-state index is 12.8. The van der Waals surface area contributed by atoms with E-state index in [2.05, 4.69) is 10.6 Å². The van der Waals surface area contributed by atoms with Gasteiger partial charge < -0.3 is 41.2 Å². The SMILES string of the molecule is COCC(=O)Nc1c(I)c(C(=O)NCC(O)CO)c(I)c(C(=O)OCC(O)CN)c1I. The van der Waals surface area contributed by atoms with E-state index in [4.69, 9.17) is 20.3 Å². The highest BCUT2D eigenvalue weighted by Gasteiger charge is 2.29. The normalized spacial score (nSPS) is 12.8. The number of hydrogen-bond acceptors (Lipinski definition) is 9. The molecule has 1 rings (SSSR count). The first kappa shape index (κ1) is 28.7. The number of aliphatic hydroxyl groups excluding tert-OH is 3. The Balaban J connectivity index is 3.48. The van der Waals surface area contributed by atoms with Crippen molar-refractivity contribution < 1.29 is 39.2 Å². The van der Waals surface area contributed by atoms with Crippen LogP contribution in [0, 0.1) is 10.7 Å². The quantitative estimate of drug-likeness (QED) is 0.129. The number of amides is 2. The molecule has 14 heteroatoms. The number of benzene rings is 1. The smallest absolute Gasteiger partial charge is 0.340 e. The number of hydrogen-bond donors (Lipinski definition) is 6. The number of methoxy groups -OCH3 is 1. The van der Waals surface area contributed by atoms with Gasteiger partial charge in [0.2, 0.25) is 5.91 Å². The Morgan fingerprint density at radius 1 is 1.06 bits per heavy atom. The molecule has 0 bridgehead atoms. The molecule has 2 unspecified atom stereocenters. The summed E-state index contributed by atoms with van der Waals surface area (Å²) in [6.45, 7) is -1.46. The molecule has 1 aromatic rings. The fourth-order valence-electron chi connectivity index (χ4n) is 2.13. The number of carbonyl (C=O) groups excluding carboxylic acids is 3. The number of ether oxygens (including phenoxy) is 2. The number of anilines is 1. The number of rotatable bonds is 11. The highest BCUT2D eigenvalue weighted by atomic mass is 127. The largest absolute Gasteiger partial charge is 0.459 e. The van der Waals surface area contributed by atoms with Crippen molar-refractivity contribution in [3.8, 4) is 0 Å². The molecule has 0 aliphatic carbocycles. The Morgan fingerprint density at radius 2 is 1.68 bits per heavy atom. The van der Waals surface area contributed by atoms with Crippen molar-refractivity contribution in [2.45, 2.75) is 12.2 Å². The molecule has 1 aromatic carbocycles. The van der Waals surface area contributed by atoms with Gasteiger partial charge in [-0.3, -0.25) is 9.59 Å². The van der Waals surface area contributed by atoms with E-state index < -0.39 is 36.6 Å². The van der Waals surface area contributed by atoms with Gasteiger partial charge in [-0.25, -0.2) is 4.79 Å². The van der Waals surface area contributed by atoms with Gasteiger partial charge in [-0.05, 0) is 67.8 Å². The van der Waals surface area contributed by atoms with Crippen LogP contribution in [0.15, 0.2) is 0 Å². The molecule has 0 aliphatic heterocycles. The second-order valence-electron chi connectivity index (χ2n) is 6.08. The van der Waals surface area contributed by atoms with E-state index in [-0.39, 0.29) is 46.7 Å². The molecule has 0 fully saturated rings. The number of aliphatic hydroxyl groups is 3. The number of nitrogens with two attached hydrogens (primary N) is 1. The average molecular weight is 777 g/mol. The van der Waals surface area contributed by atoms with Gasteiger partial charge >= 0.3 is 5.97 Å². The molecule has 0 radical (unpaired) electrons. The molecule has 7 N–H and O–H groups in total. The summed E-state index contributed by atoms with van der Waals surface area (Å²) in [7, 11) is 1.35. The molecule has 0 aromatic heterocycles. The fraction of sp³-hybridized carbons (Fsp3) is 0.471. The number of carbonyl (C=O) groups is 3. The van der Waals surface area contributed by atoms with E-state index in [0.29, 0.717) is 7.14 Å². The van der Waals surface area contributed by atoms with Gasteiger partial charge in [0.1, 0.15) is 19.3 Å². The van der Waals surface area contributed by atoms with Crippen molar-refractivity contribution in [1.82, 2.24) is 5.32 Å². The van der Waals surface area contributed by atoms with Crippen LogP contribution >= 0.6 is 67.8 Å². The zero-order chi connectivity index (χ0) is 23.7. The molecule has 31 heavy (non-hydrogen) atoms. The van der Waals surface area contributed by atoms with Crippen LogP contribution in [-0.4, -0.2) is 85.3 Å².